The van der Waals surface area contributed by atoms with Crippen LogP contribution in [0.4, 0.5) is 0 Å². The van der Waals surface area contributed by atoms with E-state index >= 15 is 0 Å². The Hall–Kier alpha value is -2.82. The zero-order valence-electron chi connectivity index (χ0n) is 12.9. The minimum Gasteiger partial charge on any atom is -0.497 e. The van der Waals surface area contributed by atoms with E-state index in [0.29, 0.717) is 13.0 Å². The fraction of sp³-hybridized carbons (Fsp3) is 0.222. The highest BCUT2D eigenvalue weighted by Crippen LogP contribution is 2.20. The number of carbonyl (C=O) groups is 1. The molecule has 0 aromatic heterocycles. The second-order valence-corrected chi connectivity index (χ2v) is 5.27. The monoisotopic (exact) mass is 310 g/mol. The lowest BCUT2D eigenvalue weighted by molar-refractivity contribution is -0.131. The molecule has 3 rings (SSSR count). The van der Waals surface area contributed by atoms with Gasteiger partial charge in [-0.25, -0.2) is 0 Å². The first-order valence-corrected chi connectivity index (χ1v) is 7.45. The van der Waals surface area contributed by atoms with Crippen LogP contribution < -0.4 is 10.1 Å². The minimum atomic E-state index is -0.583. The van der Waals surface area contributed by atoms with E-state index in [-0.39, 0.29) is 5.91 Å². The molecule has 1 atom stereocenters. The van der Waals surface area contributed by atoms with Gasteiger partial charge in [-0.3, -0.25) is 4.79 Å². The van der Waals surface area contributed by atoms with Crippen LogP contribution >= 0.6 is 0 Å². The number of nitrogens with zero attached hydrogens (tertiary/aromatic N) is 1. The van der Waals surface area contributed by atoms with Gasteiger partial charge in [-0.05, 0) is 17.7 Å². The van der Waals surface area contributed by atoms with Gasteiger partial charge >= 0.3 is 0 Å². The Bertz CT molecular complexity index is 713. The molecule has 0 fully saturated rings. The van der Waals surface area contributed by atoms with E-state index < -0.39 is 6.10 Å². The standard InChI is InChI=1S/C18H18N2O3/c1-22-15-9-5-8-14(10-15)16-11-17(23-20-16)18(21)19-12-13-6-3-2-4-7-13/h2-10,17H,11-12H2,1H3,(H,19,21)/t17-/m0/s1. The summed E-state index contributed by atoms with van der Waals surface area (Å²) in [4.78, 5) is 17.5. The van der Waals surface area contributed by atoms with Crippen LogP contribution in [0.2, 0.25) is 0 Å². The van der Waals surface area contributed by atoms with E-state index in [1.165, 1.54) is 0 Å². The van der Waals surface area contributed by atoms with Gasteiger partial charge in [-0.15, -0.1) is 0 Å². The molecule has 5 heteroatoms. The number of carbonyl (C=O) groups excluding carboxylic acids is 1. The maximum absolute atomic E-state index is 12.2. The molecule has 0 saturated carbocycles. The summed E-state index contributed by atoms with van der Waals surface area (Å²) in [5.74, 6) is 0.595. The highest BCUT2D eigenvalue weighted by Gasteiger charge is 2.28. The summed E-state index contributed by atoms with van der Waals surface area (Å²) in [5.41, 5.74) is 2.71. The quantitative estimate of drug-likeness (QED) is 0.923. The van der Waals surface area contributed by atoms with Crippen LogP contribution in [-0.2, 0) is 16.2 Å². The Kier molecular flexibility index (Phi) is 4.57. The third-order valence-corrected chi connectivity index (χ3v) is 3.67. The molecule has 118 valence electrons. The van der Waals surface area contributed by atoms with Crippen LogP contribution in [0.25, 0.3) is 0 Å². The summed E-state index contributed by atoms with van der Waals surface area (Å²) in [6.45, 7) is 0.480. The van der Waals surface area contributed by atoms with Crippen molar-refractivity contribution in [1.82, 2.24) is 5.32 Å². The predicted molar refractivity (Wildman–Crippen MR) is 87.3 cm³/mol. The molecule has 0 aliphatic carbocycles. The molecule has 1 aliphatic rings. The normalized spacial score (nSPS) is 16.4. The van der Waals surface area contributed by atoms with E-state index in [4.69, 9.17) is 9.57 Å². The number of nitrogens with one attached hydrogen (secondary N) is 1. The topological polar surface area (TPSA) is 59.9 Å². The number of amides is 1. The highest BCUT2D eigenvalue weighted by molar-refractivity contribution is 6.04. The van der Waals surface area contributed by atoms with Crippen molar-refractivity contribution < 1.29 is 14.4 Å². The molecule has 0 unspecified atom stereocenters. The molecule has 0 saturated heterocycles. The van der Waals surface area contributed by atoms with Crippen LogP contribution in [0.5, 0.6) is 5.75 Å². The second kappa shape index (κ2) is 6.96. The van der Waals surface area contributed by atoms with Gasteiger partial charge < -0.3 is 14.9 Å². The maximum atomic E-state index is 12.2. The smallest absolute Gasteiger partial charge is 0.264 e. The van der Waals surface area contributed by atoms with Crippen molar-refractivity contribution in [3.05, 3.63) is 65.7 Å². The zero-order chi connectivity index (χ0) is 16.1. The summed E-state index contributed by atoms with van der Waals surface area (Å²) >= 11 is 0. The van der Waals surface area contributed by atoms with Crippen LogP contribution in [0, 0.1) is 0 Å². The van der Waals surface area contributed by atoms with Gasteiger partial charge in [0.1, 0.15) is 5.75 Å². The number of benzene rings is 2. The molecule has 1 heterocycles. The van der Waals surface area contributed by atoms with Crippen LogP contribution in [-0.4, -0.2) is 24.8 Å². The van der Waals surface area contributed by atoms with E-state index in [9.17, 15) is 4.79 Å². The fourth-order valence-electron chi connectivity index (χ4n) is 2.39. The fourth-order valence-corrected chi connectivity index (χ4v) is 2.39. The number of hydrogen-bond donors (Lipinski definition) is 1. The zero-order valence-corrected chi connectivity index (χ0v) is 12.9. The first-order chi connectivity index (χ1) is 11.3. The number of oxime groups is 1. The van der Waals surface area contributed by atoms with Gasteiger partial charge in [-0.2, -0.15) is 0 Å². The molecule has 1 amide bonds. The van der Waals surface area contributed by atoms with Crippen molar-refractivity contribution in [2.75, 3.05) is 7.11 Å². The summed E-state index contributed by atoms with van der Waals surface area (Å²) in [6.07, 6.45) is -0.131. The maximum Gasteiger partial charge on any atom is 0.264 e. The molecule has 2 aromatic carbocycles. The third-order valence-electron chi connectivity index (χ3n) is 3.67. The molecule has 23 heavy (non-hydrogen) atoms. The number of rotatable bonds is 5. The van der Waals surface area contributed by atoms with Crippen molar-refractivity contribution in [2.45, 2.75) is 19.1 Å². The van der Waals surface area contributed by atoms with E-state index in [1.807, 2.05) is 54.6 Å². The highest BCUT2D eigenvalue weighted by atomic mass is 16.6. The third kappa shape index (κ3) is 3.69. The largest absolute Gasteiger partial charge is 0.497 e. The number of methoxy groups -OCH3 is 1. The average molecular weight is 310 g/mol. The van der Waals surface area contributed by atoms with Gasteiger partial charge in [0.05, 0.1) is 12.8 Å². The molecule has 0 spiro atoms. The Morgan fingerprint density at radius 2 is 2.09 bits per heavy atom. The van der Waals surface area contributed by atoms with Crippen molar-refractivity contribution in [1.29, 1.82) is 0 Å². The Labute approximate surface area is 134 Å². The summed E-state index contributed by atoms with van der Waals surface area (Å²) < 4.78 is 5.20. The second-order valence-electron chi connectivity index (χ2n) is 5.27. The molecule has 1 aliphatic heterocycles. The summed E-state index contributed by atoms with van der Waals surface area (Å²) in [5, 5.41) is 6.91. The molecule has 5 nitrogen and oxygen atoms in total. The van der Waals surface area contributed by atoms with Gasteiger partial charge in [-0.1, -0.05) is 47.6 Å². The van der Waals surface area contributed by atoms with Crippen LogP contribution in [0.15, 0.2) is 59.8 Å². The van der Waals surface area contributed by atoms with E-state index in [1.54, 1.807) is 7.11 Å². The van der Waals surface area contributed by atoms with Gasteiger partial charge in [0.15, 0.2) is 0 Å². The van der Waals surface area contributed by atoms with Crippen molar-refractivity contribution in [2.24, 2.45) is 5.16 Å². The Balaban J connectivity index is 1.57. The van der Waals surface area contributed by atoms with E-state index in [2.05, 4.69) is 10.5 Å². The van der Waals surface area contributed by atoms with Crippen molar-refractivity contribution in [3.63, 3.8) is 0 Å². The van der Waals surface area contributed by atoms with E-state index in [0.717, 1.165) is 22.6 Å². The number of hydrogen-bond acceptors (Lipinski definition) is 4. The SMILES string of the molecule is COc1cccc(C2=NO[C@H](C(=O)NCc3ccccc3)C2)c1. The molecule has 0 bridgehead atoms. The first kappa shape index (κ1) is 15.1. The average Bonchev–Trinajstić information content (AvgIpc) is 3.11. The van der Waals surface area contributed by atoms with Crippen molar-refractivity contribution in [3.8, 4) is 5.75 Å². The van der Waals surface area contributed by atoms with Crippen molar-refractivity contribution >= 4 is 11.6 Å². The molecular formula is C18H18N2O3. The minimum absolute atomic E-state index is 0.157. The van der Waals surface area contributed by atoms with Gasteiger partial charge in [0.25, 0.3) is 5.91 Å². The Morgan fingerprint density at radius 3 is 2.87 bits per heavy atom. The molecule has 0 radical (unpaired) electrons. The molecule has 1 N–H and O–H groups in total. The van der Waals surface area contributed by atoms with Gasteiger partial charge in [0.2, 0.25) is 6.10 Å². The lowest BCUT2D eigenvalue weighted by atomic mass is 10.0. The van der Waals surface area contributed by atoms with Gasteiger partial charge in [0, 0.05) is 18.5 Å². The summed E-state index contributed by atoms with van der Waals surface area (Å²) in [6, 6.07) is 17.3. The molecular weight excluding hydrogens is 292 g/mol. The predicted octanol–water partition coefficient (Wildman–Crippen LogP) is 2.50. The van der Waals surface area contributed by atoms with Crippen LogP contribution in [0.3, 0.4) is 0 Å². The van der Waals surface area contributed by atoms with Crippen LogP contribution in [0.1, 0.15) is 17.5 Å². The number of ether oxygens (including phenoxy) is 1. The Morgan fingerprint density at radius 1 is 1.26 bits per heavy atom. The molecule has 2 aromatic rings. The lowest BCUT2D eigenvalue weighted by Gasteiger charge is -2.09. The lowest BCUT2D eigenvalue weighted by Crippen LogP contribution is -2.34. The summed E-state index contributed by atoms with van der Waals surface area (Å²) in [7, 11) is 1.62. The first-order valence-electron chi connectivity index (χ1n) is 7.45.